The molecule has 1 N–H and O–H groups in total. The number of amides is 1. The molecule has 1 unspecified atom stereocenters. The molecule has 1 atom stereocenters. The number of hydrogen-bond acceptors (Lipinski definition) is 4. The van der Waals surface area contributed by atoms with Gasteiger partial charge < -0.3 is 4.90 Å². The molecule has 2 aliphatic heterocycles. The van der Waals surface area contributed by atoms with Gasteiger partial charge in [0.05, 0.1) is 11.4 Å². The summed E-state index contributed by atoms with van der Waals surface area (Å²) in [7, 11) is -3.51. The summed E-state index contributed by atoms with van der Waals surface area (Å²) in [5.41, 5.74) is 3.31. The second-order valence-corrected chi connectivity index (χ2v) is 10.5. The Morgan fingerprint density at radius 1 is 1.06 bits per heavy atom. The summed E-state index contributed by atoms with van der Waals surface area (Å²) in [5, 5.41) is 0. The normalized spacial score (nSPS) is 19.8. The van der Waals surface area contributed by atoms with Gasteiger partial charge >= 0.3 is 0 Å². The van der Waals surface area contributed by atoms with Crippen LogP contribution in [0.25, 0.3) is 0 Å². The number of carbonyl (C=O) groups is 1. The van der Waals surface area contributed by atoms with Crippen molar-refractivity contribution < 1.29 is 13.2 Å². The average molecular weight is 442 g/mol. The molecule has 2 aromatic rings. The van der Waals surface area contributed by atoms with Gasteiger partial charge in [0.2, 0.25) is 15.9 Å². The van der Waals surface area contributed by atoms with Gasteiger partial charge in [0.1, 0.15) is 0 Å². The number of sulfonamides is 1. The van der Waals surface area contributed by atoms with E-state index < -0.39 is 10.0 Å². The summed E-state index contributed by atoms with van der Waals surface area (Å²) < 4.78 is 27.9. The van der Waals surface area contributed by atoms with E-state index in [1.807, 2.05) is 30.0 Å². The first kappa shape index (κ1) is 22.0. The third-order valence-electron chi connectivity index (χ3n) is 6.27. The van der Waals surface area contributed by atoms with E-state index in [1.165, 1.54) is 5.56 Å². The Hall–Kier alpha value is -2.22. The van der Waals surface area contributed by atoms with E-state index in [2.05, 4.69) is 15.7 Å². The fourth-order valence-corrected chi connectivity index (χ4v) is 5.68. The molecule has 2 aromatic carbocycles. The molecule has 31 heavy (non-hydrogen) atoms. The highest BCUT2D eigenvalue weighted by atomic mass is 32.2. The van der Waals surface area contributed by atoms with Crippen LogP contribution in [0.1, 0.15) is 30.4 Å². The Bertz CT molecular complexity index is 1020. The van der Waals surface area contributed by atoms with Gasteiger partial charge in [-0.3, -0.25) is 9.69 Å². The summed E-state index contributed by atoms with van der Waals surface area (Å²) >= 11 is 0. The molecule has 0 aromatic heterocycles. The molecular weight excluding hydrogens is 410 g/mol. The highest BCUT2D eigenvalue weighted by molar-refractivity contribution is 7.89. The fraction of sp³-hybridized carbons (Fsp3) is 0.458. The van der Waals surface area contributed by atoms with E-state index in [9.17, 15) is 13.2 Å². The number of anilines is 1. The predicted molar refractivity (Wildman–Crippen MR) is 123 cm³/mol. The Balaban J connectivity index is 1.33. The lowest BCUT2D eigenvalue weighted by molar-refractivity contribution is -0.120. The molecule has 1 amide bonds. The molecule has 2 heterocycles. The lowest BCUT2D eigenvalue weighted by Crippen LogP contribution is -2.47. The SMILES string of the molecule is Cc1ccc(S(=O)(=O)NCC2CCCN(CC(=O)N3CCCc4ccccc43)C2)cc1. The number of benzene rings is 2. The number of fused-ring (bicyclic) bond motifs is 1. The van der Waals surface area contributed by atoms with Crippen LogP contribution in [0.2, 0.25) is 0 Å². The number of nitrogens with zero attached hydrogens (tertiary/aromatic N) is 2. The maximum atomic E-state index is 13.0. The number of hydrogen-bond donors (Lipinski definition) is 1. The van der Waals surface area contributed by atoms with Gasteiger partial charge in [-0.1, -0.05) is 35.9 Å². The molecule has 1 saturated heterocycles. The zero-order valence-corrected chi connectivity index (χ0v) is 18.9. The molecule has 0 saturated carbocycles. The van der Waals surface area contributed by atoms with E-state index in [0.29, 0.717) is 18.0 Å². The number of rotatable bonds is 6. The summed E-state index contributed by atoms with van der Waals surface area (Å²) in [5.74, 6) is 0.337. The van der Waals surface area contributed by atoms with Crippen LogP contribution in [-0.4, -0.2) is 51.9 Å². The van der Waals surface area contributed by atoms with Crippen LogP contribution < -0.4 is 9.62 Å². The van der Waals surface area contributed by atoms with Crippen molar-refractivity contribution >= 4 is 21.6 Å². The van der Waals surface area contributed by atoms with Crippen molar-refractivity contribution in [1.29, 1.82) is 0 Å². The molecular formula is C24H31N3O3S. The van der Waals surface area contributed by atoms with Gasteiger partial charge in [-0.25, -0.2) is 13.1 Å². The standard InChI is InChI=1S/C24H31N3O3S/c1-19-10-12-22(13-11-19)31(29,30)25-16-20-6-4-14-26(17-20)18-24(28)27-15-5-8-21-7-2-3-9-23(21)27/h2-3,7,9-13,20,25H,4-6,8,14-18H2,1H3. The number of nitrogens with one attached hydrogen (secondary N) is 1. The topological polar surface area (TPSA) is 69.7 Å². The van der Waals surface area contributed by atoms with Crippen LogP contribution in [0.5, 0.6) is 0 Å². The minimum Gasteiger partial charge on any atom is -0.311 e. The van der Waals surface area contributed by atoms with Crippen LogP contribution in [0.4, 0.5) is 5.69 Å². The van der Waals surface area contributed by atoms with E-state index in [0.717, 1.165) is 56.6 Å². The Morgan fingerprint density at radius 2 is 1.84 bits per heavy atom. The van der Waals surface area contributed by atoms with Crippen molar-refractivity contribution in [3.63, 3.8) is 0 Å². The van der Waals surface area contributed by atoms with Crippen molar-refractivity contribution in [2.24, 2.45) is 5.92 Å². The quantitative estimate of drug-likeness (QED) is 0.748. The first-order valence-electron chi connectivity index (χ1n) is 11.1. The van der Waals surface area contributed by atoms with E-state index in [1.54, 1.807) is 24.3 Å². The van der Waals surface area contributed by atoms with Crippen molar-refractivity contribution in [3.05, 3.63) is 59.7 Å². The van der Waals surface area contributed by atoms with Crippen molar-refractivity contribution in [1.82, 2.24) is 9.62 Å². The number of aryl methyl sites for hydroxylation is 2. The van der Waals surface area contributed by atoms with Crippen molar-refractivity contribution in [2.75, 3.05) is 37.6 Å². The van der Waals surface area contributed by atoms with Crippen molar-refractivity contribution in [2.45, 2.75) is 37.5 Å². The van der Waals surface area contributed by atoms with Gasteiger partial charge in [-0.05, 0) is 68.8 Å². The molecule has 6 nitrogen and oxygen atoms in total. The second kappa shape index (κ2) is 9.51. The van der Waals surface area contributed by atoms with E-state index in [4.69, 9.17) is 0 Å². The highest BCUT2D eigenvalue weighted by Crippen LogP contribution is 2.27. The Kier molecular flexibility index (Phi) is 6.74. The smallest absolute Gasteiger partial charge is 0.241 e. The molecule has 0 aliphatic carbocycles. The zero-order chi connectivity index (χ0) is 21.8. The summed E-state index contributed by atoms with van der Waals surface area (Å²) in [6.45, 7) is 5.09. The summed E-state index contributed by atoms with van der Waals surface area (Å²) in [6.07, 6.45) is 3.95. The molecule has 2 aliphatic rings. The molecule has 7 heteroatoms. The Labute approximate surface area is 185 Å². The Morgan fingerprint density at radius 3 is 2.65 bits per heavy atom. The van der Waals surface area contributed by atoms with Gasteiger partial charge in [0.15, 0.2) is 0 Å². The fourth-order valence-electron chi connectivity index (χ4n) is 4.56. The molecule has 0 spiro atoms. The number of likely N-dealkylation sites (tertiary alicyclic amines) is 1. The summed E-state index contributed by atoms with van der Waals surface area (Å²) in [4.78, 5) is 17.4. The first-order valence-corrected chi connectivity index (χ1v) is 12.6. The largest absolute Gasteiger partial charge is 0.311 e. The van der Waals surface area contributed by atoms with Gasteiger partial charge in [-0.15, -0.1) is 0 Å². The lowest BCUT2D eigenvalue weighted by atomic mass is 9.98. The second-order valence-electron chi connectivity index (χ2n) is 8.69. The number of piperidine rings is 1. The van der Waals surface area contributed by atoms with Crippen LogP contribution in [0.15, 0.2) is 53.4 Å². The number of carbonyl (C=O) groups excluding carboxylic acids is 1. The molecule has 0 bridgehead atoms. The minimum atomic E-state index is -3.51. The van der Waals surface area contributed by atoms with Crippen molar-refractivity contribution in [3.8, 4) is 0 Å². The number of para-hydroxylation sites is 1. The lowest BCUT2D eigenvalue weighted by Gasteiger charge is -2.35. The van der Waals surface area contributed by atoms with Gasteiger partial charge in [0, 0.05) is 25.3 Å². The minimum absolute atomic E-state index is 0.132. The molecule has 4 rings (SSSR count). The van der Waals surface area contributed by atoms with Crippen LogP contribution >= 0.6 is 0 Å². The van der Waals surface area contributed by atoms with E-state index in [-0.39, 0.29) is 11.8 Å². The van der Waals surface area contributed by atoms with Crippen LogP contribution in [0.3, 0.4) is 0 Å². The first-order chi connectivity index (χ1) is 14.9. The highest BCUT2D eigenvalue weighted by Gasteiger charge is 2.27. The summed E-state index contributed by atoms with van der Waals surface area (Å²) in [6, 6.07) is 15.0. The molecule has 0 radical (unpaired) electrons. The zero-order valence-electron chi connectivity index (χ0n) is 18.1. The third kappa shape index (κ3) is 5.34. The van der Waals surface area contributed by atoms with Gasteiger partial charge in [0.25, 0.3) is 0 Å². The molecule has 166 valence electrons. The third-order valence-corrected chi connectivity index (χ3v) is 7.71. The monoisotopic (exact) mass is 441 g/mol. The maximum Gasteiger partial charge on any atom is 0.241 e. The molecule has 1 fully saturated rings. The maximum absolute atomic E-state index is 13.0. The van der Waals surface area contributed by atoms with E-state index >= 15 is 0 Å². The van der Waals surface area contributed by atoms with Gasteiger partial charge in [-0.2, -0.15) is 0 Å². The van der Waals surface area contributed by atoms with Crippen LogP contribution in [0, 0.1) is 12.8 Å². The predicted octanol–water partition coefficient (Wildman–Crippen LogP) is 2.96. The van der Waals surface area contributed by atoms with Crippen LogP contribution in [-0.2, 0) is 21.2 Å². The average Bonchev–Trinajstić information content (AvgIpc) is 2.78.